The van der Waals surface area contributed by atoms with E-state index in [1.165, 1.54) is 25.1 Å². The molecule has 0 saturated carbocycles. The monoisotopic (exact) mass is 238 g/mol. The molecule has 0 unspecified atom stereocenters. The molecular weight excluding hydrogens is 224 g/mol. The molecule has 17 heavy (non-hydrogen) atoms. The second kappa shape index (κ2) is 5.89. The Labute approximate surface area is 99.0 Å². The van der Waals surface area contributed by atoms with E-state index in [9.17, 15) is 14.7 Å². The number of ether oxygens (including phenoxy) is 2. The highest BCUT2D eigenvalue weighted by Crippen LogP contribution is 2.22. The van der Waals surface area contributed by atoms with Crippen LogP contribution < -0.4 is 4.74 Å². The van der Waals surface area contributed by atoms with E-state index in [1.807, 2.05) is 0 Å². The molecule has 0 saturated heterocycles. The third kappa shape index (κ3) is 4.14. The van der Waals surface area contributed by atoms with Crippen LogP contribution in [0.3, 0.4) is 0 Å². The maximum Gasteiger partial charge on any atom is 0.344 e. The van der Waals surface area contributed by atoms with E-state index >= 15 is 0 Å². The molecule has 5 nitrogen and oxygen atoms in total. The largest absolute Gasteiger partial charge is 0.508 e. The third-order valence-electron chi connectivity index (χ3n) is 1.96. The van der Waals surface area contributed by atoms with Gasteiger partial charge in [0.1, 0.15) is 11.5 Å². The zero-order chi connectivity index (χ0) is 12.8. The number of aromatic hydroxyl groups is 1. The first kappa shape index (κ1) is 13.0. The van der Waals surface area contributed by atoms with Gasteiger partial charge in [-0.05, 0) is 26.0 Å². The Morgan fingerprint density at radius 1 is 1.29 bits per heavy atom. The number of hydrogen-bond donors (Lipinski definition) is 1. The predicted molar refractivity (Wildman–Crippen MR) is 60.2 cm³/mol. The van der Waals surface area contributed by atoms with E-state index in [0.717, 1.165) is 0 Å². The minimum absolute atomic E-state index is 0.0865. The Morgan fingerprint density at radius 3 is 2.59 bits per heavy atom. The van der Waals surface area contributed by atoms with Gasteiger partial charge < -0.3 is 14.6 Å². The van der Waals surface area contributed by atoms with Gasteiger partial charge >= 0.3 is 5.97 Å². The Kier molecular flexibility index (Phi) is 4.51. The number of phenolic OH excluding ortho intramolecular Hbond substituents is 1. The number of carbonyl (C=O) groups excluding carboxylic acids is 2. The maximum absolute atomic E-state index is 11.1. The first-order valence-electron chi connectivity index (χ1n) is 5.16. The topological polar surface area (TPSA) is 72.8 Å². The molecule has 1 aromatic carbocycles. The van der Waals surface area contributed by atoms with Gasteiger partial charge in [0.2, 0.25) is 0 Å². The number of benzene rings is 1. The Balaban J connectivity index is 2.71. The molecule has 1 aromatic rings. The molecule has 0 bridgehead atoms. The van der Waals surface area contributed by atoms with Crippen LogP contribution in [0.1, 0.15) is 24.2 Å². The molecule has 1 N–H and O–H groups in total. The first-order chi connectivity index (χ1) is 8.02. The van der Waals surface area contributed by atoms with Crippen molar-refractivity contribution in [2.75, 3.05) is 13.2 Å². The molecule has 0 aliphatic rings. The summed E-state index contributed by atoms with van der Waals surface area (Å²) in [6, 6.07) is 4.12. The molecule has 0 aromatic heterocycles. The van der Waals surface area contributed by atoms with Crippen molar-refractivity contribution in [3.05, 3.63) is 23.8 Å². The fraction of sp³-hybridized carbons (Fsp3) is 0.333. The second-order valence-corrected chi connectivity index (χ2v) is 3.37. The lowest BCUT2D eigenvalue weighted by Gasteiger charge is -2.07. The van der Waals surface area contributed by atoms with Crippen LogP contribution in [0, 0.1) is 0 Å². The highest BCUT2D eigenvalue weighted by atomic mass is 16.6. The number of ketones is 1. The molecular formula is C12H14O5. The van der Waals surface area contributed by atoms with Crippen molar-refractivity contribution in [3.8, 4) is 11.5 Å². The number of hydrogen-bond acceptors (Lipinski definition) is 5. The van der Waals surface area contributed by atoms with Crippen molar-refractivity contribution in [1.29, 1.82) is 0 Å². The summed E-state index contributed by atoms with van der Waals surface area (Å²) in [4.78, 5) is 22.2. The average molecular weight is 238 g/mol. The number of Topliss-reactive ketones (excluding diaryl/α,β-unsaturated/α-hetero) is 1. The second-order valence-electron chi connectivity index (χ2n) is 3.37. The summed E-state index contributed by atoms with van der Waals surface area (Å²) in [6.45, 7) is 3.10. The lowest BCUT2D eigenvalue weighted by molar-refractivity contribution is -0.145. The maximum atomic E-state index is 11.1. The van der Waals surface area contributed by atoms with E-state index in [2.05, 4.69) is 4.74 Å². The smallest absolute Gasteiger partial charge is 0.344 e. The summed E-state index contributed by atoms with van der Waals surface area (Å²) in [5.41, 5.74) is 0.323. The Morgan fingerprint density at radius 2 is 2.00 bits per heavy atom. The fourth-order valence-electron chi connectivity index (χ4n) is 1.21. The minimum Gasteiger partial charge on any atom is -0.508 e. The molecule has 0 fully saturated rings. The van der Waals surface area contributed by atoms with E-state index in [0.29, 0.717) is 5.56 Å². The van der Waals surface area contributed by atoms with Crippen LogP contribution in [-0.4, -0.2) is 30.1 Å². The first-order valence-corrected chi connectivity index (χ1v) is 5.16. The van der Waals surface area contributed by atoms with Crippen molar-refractivity contribution >= 4 is 11.8 Å². The van der Waals surface area contributed by atoms with Crippen LogP contribution in [0.15, 0.2) is 18.2 Å². The summed E-state index contributed by atoms with van der Waals surface area (Å²) >= 11 is 0. The van der Waals surface area contributed by atoms with Gasteiger partial charge in [0.05, 0.1) is 6.61 Å². The van der Waals surface area contributed by atoms with E-state index in [-0.39, 0.29) is 30.5 Å². The van der Waals surface area contributed by atoms with E-state index < -0.39 is 5.97 Å². The molecule has 0 amide bonds. The van der Waals surface area contributed by atoms with Crippen LogP contribution in [0.25, 0.3) is 0 Å². The summed E-state index contributed by atoms with van der Waals surface area (Å²) in [5.74, 6) is -0.526. The van der Waals surface area contributed by atoms with Gasteiger partial charge in [-0.3, -0.25) is 4.79 Å². The Hall–Kier alpha value is -2.04. The van der Waals surface area contributed by atoms with Gasteiger partial charge in [0, 0.05) is 11.6 Å². The van der Waals surface area contributed by atoms with Gasteiger partial charge in [-0.2, -0.15) is 0 Å². The quantitative estimate of drug-likeness (QED) is 0.622. The number of rotatable bonds is 5. The van der Waals surface area contributed by atoms with E-state index in [4.69, 9.17) is 4.74 Å². The summed E-state index contributed by atoms with van der Waals surface area (Å²) in [6.07, 6.45) is 0. The van der Waals surface area contributed by atoms with Crippen LogP contribution in [0.5, 0.6) is 11.5 Å². The average Bonchev–Trinajstić information content (AvgIpc) is 2.26. The van der Waals surface area contributed by atoms with Crippen molar-refractivity contribution in [2.45, 2.75) is 13.8 Å². The fourth-order valence-corrected chi connectivity index (χ4v) is 1.21. The van der Waals surface area contributed by atoms with Crippen LogP contribution in [0.4, 0.5) is 0 Å². The van der Waals surface area contributed by atoms with Crippen LogP contribution in [-0.2, 0) is 9.53 Å². The molecule has 1 rings (SSSR count). The summed E-state index contributed by atoms with van der Waals surface area (Å²) in [7, 11) is 0. The number of esters is 1. The standard InChI is InChI=1S/C12H14O5/c1-3-16-12(15)7-17-11-5-9(8(2)13)4-10(14)6-11/h4-6,14H,3,7H2,1-2H3. The lowest BCUT2D eigenvalue weighted by Crippen LogP contribution is -2.14. The molecule has 0 spiro atoms. The minimum atomic E-state index is -0.500. The van der Waals surface area contributed by atoms with Crippen LogP contribution >= 0.6 is 0 Å². The van der Waals surface area contributed by atoms with Gasteiger partial charge in [-0.15, -0.1) is 0 Å². The highest BCUT2D eigenvalue weighted by Gasteiger charge is 2.07. The van der Waals surface area contributed by atoms with Crippen molar-refractivity contribution in [2.24, 2.45) is 0 Å². The summed E-state index contributed by atoms with van der Waals surface area (Å²) < 4.78 is 9.78. The molecule has 92 valence electrons. The lowest BCUT2D eigenvalue weighted by atomic mass is 10.1. The molecule has 0 radical (unpaired) electrons. The number of carbonyl (C=O) groups is 2. The predicted octanol–water partition coefficient (Wildman–Crippen LogP) is 1.54. The van der Waals surface area contributed by atoms with Gasteiger partial charge in [-0.25, -0.2) is 4.79 Å². The van der Waals surface area contributed by atoms with Crippen molar-refractivity contribution in [3.63, 3.8) is 0 Å². The van der Waals surface area contributed by atoms with Gasteiger partial charge in [-0.1, -0.05) is 0 Å². The molecule has 5 heteroatoms. The molecule has 0 heterocycles. The highest BCUT2D eigenvalue weighted by molar-refractivity contribution is 5.94. The van der Waals surface area contributed by atoms with Crippen molar-refractivity contribution in [1.82, 2.24) is 0 Å². The van der Waals surface area contributed by atoms with Crippen molar-refractivity contribution < 1.29 is 24.2 Å². The summed E-state index contributed by atoms with van der Waals surface area (Å²) in [5, 5.41) is 9.36. The SMILES string of the molecule is CCOC(=O)COc1cc(O)cc(C(C)=O)c1. The molecule has 0 atom stereocenters. The normalized spacial score (nSPS) is 9.76. The zero-order valence-corrected chi connectivity index (χ0v) is 9.73. The molecule has 0 aliphatic heterocycles. The van der Waals surface area contributed by atoms with E-state index in [1.54, 1.807) is 6.92 Å². The van der Waals surface area contributed by atoms with Gasteiger partial charge in [0.25, 0.3) is 0 Å². The zero-order valence-electron chi connectivity index (χ0n) is 9.73. The molecule has 0 aliphatic carbocycles. The van der Waals surface area contributed by atoms with Crippen LogP contribution in [0.2, 0.25) is 0 Å². The Bertz CT molecular complexity index is 425. The van der Waals surface area contributed by atoms with Gasteiger partial charge in [0.15, 0.2) is 12.4 Å². The third-order valence-corrected chi connectivity index (χ3v) is 1.96. The number of phenols is 1.